The molecule has 3 atom stereocenters. The smallest absolute Gasteiger partial charge is 0.318 e. The molecule has 0 aliphatic carbocycles. The van der Waals surface area contributed by atoms with Gasteiger partial charge in [-0.05, 0) is 43.3 Å². The number of carbonyl (C=O) groups is 1. The molecule has 0 spiro atoms. The Kier molecular flexibility index (Phi) is 6.40. The van der Waals surface area contributed by atoms with Crippen molar-refractivity contribution in [1.29, 1.82) is 0 Å². The summed E-state index contributed by atoms with van der Waals surface area (Å²) in [4.78, 5) is 12.4. The zero-order valence-corrected chi connectivity index (χ0v) is 15.3. The zero-order valence-electron chi connectivity index (χ0n) is 15.3. The molecule has 6 N–H and O–H groups in total. The molecule has 3 unspecified atom stereocenters. The average Bonchev–Trinajstić information content (AvgIpc) is 2.61. The molecule has 0 aromatic heterocycles. The van der Waals surface area contributed by atoms with Crippen molar-refractivity contribution in [2.75, 3.05) is 25.5 Å². The molecule has 0 saturated carbocycles. The van der Waals surface area contributed by atoms with Gasteiger partial charge in [-0.3, -0.25) is 10.6 Å². The van der Waals surface area contributed by atoms with E-state index in [0.717, 1.165) is 36.0 Å². The highest BCUT2D eigenvalue weighted by Gasteiger charge is 2.25. The largest absolute Gasteiger partial charge is 0.321 e. The molecule has 1 fully saturated rings. The number of carbonyl (C=O) groups excluding carboxylic acids is 1. The molecule has 1 saturated heterocycles. The predicted octanol–water partition coefficient (Wildman–Crippen LogP) is 1.35. The fourth-order valence-corrected chi connectivity index (χ4v) is 3.19. The lowest BCUT2D eigenvalue weighted by atomic mass is 10.1. The molecule has 1 heterocycles. The van der Waals surface area contributed by atoms with Crippen LogP contribution >= 0.6 is 0 Å². The first kappa shape index (κ1) is 18.6. The van der Waals surface area contributed by atoms with Gasteiger partial charge in [0, 0.05) is 24.8 Å². The number of urea groups is 1. The molecule has 1 aliphatic heterocycles. The Labute approximate surface area is 154 Å². The van der Waals surface area contributed by atoms with E-state index >= 15 is 0 Å². The quantitative estimate of drug-likeness (QED) is 0.440. The van der Waals surface area contributed by atoms with Gasteiger partial charge in [-0.2, -0.15) is 0 Å². The number of hydrogen-bond acceptors (Lipinski definition) is 5. The van der Waals surface area contributed by atoms with Gasteiger partial charge in [-0.15, -0.1) is 0 Å². The van der Waals surface area contributed by atoms with E-state index in [-0.39, 0.29) is 18.5 Å². The lowest BCUT2D eigenvalue weighted by Crippen LogP contribution is -2.68. The highest BCUT2D eigenvalue weighted by atomic mass is 16.2. The summed E-state index contributed by atoms with van der Waals surface area (Å²) in [5.41, 5.74) is 0.772. The molecular formula is C19H28N6O. The Hall–Kier alpha value is -2.19. The predicted molar refractivity (Wildman–Crippen MR) is 106 cm³/mol. The maximum Gasteiger partial charge on any atom is 0.321 e. The first-order valence-corrected chi connectivity index (χ1v) is 9.10. The molecule has 2 amide bonds. The maximum atomic E-state index is 12.4. The van der Waals surface area contributed by atoms with Crippen molar-refractivity contribution in [3.8, 4) is 0 Å². The summed E-state index contributed by atoms with van der Waals surface area (Å²) in [6.45, 7) is 3.89. The highest BCUT2D eigenvalue weighted by Crippen LogP contribution is 2.18. The lowest BCUT2D eigenvalue weighted by Gasteiger charge is -2.36. The van der Waals surface area contributed by atoms with Crippen molar-refractivity contribution in [3.63, 3.8) is 0 Å². The van der Waals surface area contributed by atoms with E-state index in [1.807, 2.05) is 43.4 Å². The first-order valence-electron chi connectivity index (χ1n) is 9.10. The molecule has 1 aliphatic rings. The van der Waals surface area contributed by atoms with Crippen LogP contribution in [-0.4, -0.2) is 44.7 Å². The van der Waals surface area contributed by atoms with Crippen LogP contribution in [-0.2, 0) is 0 Å². The normalized spacial score (nSPS) is 22.9. The average molecular weight is 356 g/mol. The number of hydrogen-bond donors (Lipinski definition) is 6. The van der Waals surface area contributed by atoms with E-state index in [0.29, 0.717) is 6.04 Å². The Balaban J connectivity index is 1.54. The molecule has 2 aromatic carbocycles. The summed E-state index contributed by atoms with van der Waals surface area (Å²) in [6.07, 6.45) is 0.825. The zero-order chi connectivity index (χ0) is 18.4. The van der Waals surface area contributed by atoms with Gasteiger partial charge in [-0.25, -0.2) is 4.79 Å². The number of anilines is 1. The summed E-state index contributed by atoms with van der Waals surface area (Å²) in [6, 6.07) is 14.0. The van der Waals surface area contributed by atoms with Crippen molar-refractivity contribution in [3.05, 3.63) is 42.5 Å². The van der Waals surface area contributed by atoms with Gasteiger partial charge >= 0.3 is 6.03 Å². The van der Waals surface area contributed by atoms with Crippen molar-refractivity contribution >= 4 is 22.5 Å². The van der Waals surface area contributed by atoms with Crippen molar-refractivity contribution in [2.45, 2.75) is 31.8 Å². The fraction of sp³-hybridized carbons (Fsp3) is 0.421. The van der Waals surface area contributed by atoms with Crippen LogP contribution in [0.4, 0.5) is 10.5 Å². The molecule has 26 heavy (non-hydrogen) atoms. The Bertz CT molecular complexity index is 737. The molecule has 3 rings (SSSR count). The molecule has 7 heteroatoms. The summed E-state index contributed by atoms with van der Waals surface area (Å²) in [5, 5.41) is 21.4. The SMILES string of the molecule is CNCCNC1CC(C)NC(NC(=O)Nc2ccc3ccccc3c2)N1. The molecule has 7 nitrogen and oxygen atoms in total. The maximum absolute atomic E-state index is 12.4. The topological polar surface area (TPSA) is 89.2 Å². The standard InChI is InChI=1S/C19H28N6O/c1-13-11-17(21-10-9-20-2)24-18(22-13)25-19(26)23-16-8-7-14-5-3-4-6-15(14)12-16/h3-8,12-13,17-18,20-22,24H,9-11H2,1-2H3,(H2,23,25,26). The third-order valence-electron chi connectivity index (χ3n) is 4.46. The van der Waals surface area contributed by atoms with Crippen LogP contribution in [0.15, 0.2) is 42.5 Å². The number of likely N-dealkylation sites (N-methyl/N-ethyl adjacent to an activating group) is 1. The lowest BCUT2D eigenvalue weighted by molar-refractivity contribution is 0.194. The summed E-state index contributed by atoms with van der Waals surface area (Å²) < 4.78 is 0. The fourth-order valence-electron chi connectivity index (χ4n) is 3.19. The molecule has 0 radical (unpaired) electrons. The van der Waals surface area contributed by atoms with E-state index in [4.69, 9.17) is 0 Å². The number of nitrogens with one attached hydrogen (secondary N) is 6. The number of fused-ring (bicyclic) bond motifs is 1. The van der Waals surface area contributed by atoms with Crippen molar-refractivity contribution < 1.29 is 4.79 Å². The van der Waals surface area contributed by atoms with Crippen molar-refractivity contribution in [1.82, 2.24) is 26.6 Å². The monoisotopic (exact) mass is 356 g/mol. The van der Waals surface area contributed by atoms with E-state index in [1.165, 1.54) is 0 Å². The minimum Gasteiger partial charge on any atom is -0.318 e. The van der Waals surface area contributed by atoms with Crippen LogP contribution in [0.5, 0.6) is 0 Å². The van der Waals surface area contributed by atoms with E-state index in [1.54, 1.807) is 0 Å². The highest BCUT2D eigenvalue weighted by molar-refractivity contribution is 5.93. The summed E-state index contributed by atoms with van der Waals surface area (Å²) in [7, 11) is 1.93. The van der Waals surface area contributed by atoms with Gasteiger partial charge in [0.25, 0.3) is 0 Å². The number of benzene rings is 2. The van der Waals surface area contributed by atoms with Gasteiger partial charge in [0.2, 0.25) is 0 Å². The second-order valence-corrected chi connectivity index (χ2v) is 6.67. The third-order valence-corrected chi connectivity index (χ3v) is 4.46. The van der Waals surface area contributed by atoms with Crippen molar-refractivity contribution in [2.24, 2.45) is 0 Å². The minimum atomic E-state index is -0.286. The number of amides is 2. The van der Waals surface area contributed by atoms with Crippen LogP contribution in [0.2, 0.25) is 0 Å². The van der Waals surface area contributed by atoms with E-state index in [2.05, 4.69) is 44.9 Å². The van der Waals surface area contributed by atoms with Gasteiger partial charge in [0.15, 0.2) is 0 Å². The summed E-state index contributed by atoms with van der Waals surface area (Å²) >= 11 is 0. The second-order valence-electron chi connectivity index (χ2n) is 6.67. The summed E-state index contributed by atoms with van der Waals surface area (Å²) in [5.74, 6) is 0. The second kappa shape index (κ2) is 8.95. The van der Waals surface area contributed by atoms with E-state index in [9.17, 15) is 4.79 Å². The van der Waals surface area contributed by atoms with Crippen LogP contribution < -0.4 is 31.9 Å². The Morgan fingerprint density at radius 2 is 1.92 bits per heavy atom. The Morgan fingerprint density at radius 1 is 1.12 bits per heavy atom. The van der Waals surface area contributed by atoms with Crippen LogP contribution in [0.3, 0.4) is 0 Å². The molecule has 140 valence electrons. The van der Waals surface area contributed by atoms with Crippen LogP contribution in [0.1, 0.15) is 13.3 Å². The van der Waals surface area contributed by atoms with Crippen LogP contribution in [0, 0.1) is 0 Å². The minimum absolute atomic E-state index is 0.158. The molecular weight excluding hydrogens is 328 g/mol. The number of rotatable bonds is 6. The first-order chi connectivity index (χ1) is 12.6. The van der Waals surface area contributed by atoms with Crippen LogP contribution in [0.25, 0.3) is 10.8 Å². The van der Waals surface area contributed by atoms with Gasteiger partial charge in [-0.1, -0.05) is 30.3 Å². The molecule has 0 bridgehead atoms. The van der Waals surface area contributed by atoms with E-state index < -0.39 is 0 Å². The Morgan fingerprint density at radius 3 is 2.73 bits per heavy atom. The van der Waals surface area contributed by atoms with Gasteiger partial charge in [0.05, 0.1) is 6.17 Å². The van der Waals surface area contributed by atoms with Gasteiger partial charge < -0.3 is 21.3 Å². The molecule has 2 aromatic rings. The van der Waals surface area contributed by atoms with Gasteiger partial charge in [0.1, 0.15) is 6.29 Å². The third kappa shape index (κ3) is 5.15.